The first-order valence-corrected chi connectivity index (χ1v) is 13.0. The molecular formula is C23H28Cl2N2O4S. The summed E-state index contributed by atoms with van der Waals surface area (Å²) in [6.07, 6.45) is 1.98. The summed E-state index contributed by atoms with van der Waals surface area (Å²) in [5.41, 5.74) is 1.36. The molecule has 0 saturated carbocycles. The van der Waals surface area contributed by atoms with Crippen LogP contribution < -0.4 is 10.1 Å². The molecule has 1 fully saturated rings. The zero-order valence-electron chi connectivity index (χ0n) is 18.2. The van der Waals surface area contributed by atoms with Crippen molar-refractivity contribution in [3.8, 4) is 5.75 Å². The number of carbonyl (C=O) groups excluding carboxylic acids is 1. The number of halogens is 2. The normalized spacial score (nSPS) is 18.2. The van der Waals surface area contributed by atoms with E-state index in [1.807, 2.05) is 31.2 Å². The maximum absolute atomic E-state index is 13.1. The van der Waals surface area contributed by atoms with E-state index in [0.29, 0.717) is 35.0 Å². The van der Waals surface area contributed by atoms with Crippen LogP contribution in [0.5, 0.6) is 5.75 Å². The van der Waals surface area contributed by atoms with Crippen molar-refractivity contribution in [3.63, 3.8) is 0 Å². The summed E-state index contributed by atoms with van der Waals surface area (Å²) >= 11 is 12.3. The van der Waals surface area contributed by atoms with Gasteiger partial charge in [0, 0.05) is 28.7 Å². The Labute approximate surface area is 199 Å². The summed E-state index contributed by atoms with van der Waals surface area (Å²) in [6.45, 7) is 2.53. The van der Waals surface area contributed by atoms with Crippen LogP contribution in [0.25, 0.3) is 0 Å². The monoisotopic (exact) mass is 498 g/mol. The van der Waals surface area contributed by atoms with Crippen molar-refractivity contribution < 1.29 is 17.9 Å². The van der Waals surface area contributed by atoms with Crippen LogP contribution in [-0.4, -0.2) is 38.8 Å². The first kappa shape index (κ1) is 24.8. The molecule has 0 aromatic heterocycles. The summed E-state index contributed by atoms with van der Waals surface area (Å²) in [6, 6.07) is 12.3. The highest BCUT2D eigenvalue weighted by molar-refractivity contribution is 7.88. The highest BCUT2D eigenvalue weighted by Gasteiger charge is 2.33. The number of piperidine rings is 1. The van der Waals surface area contributed by atoms with Gasteiger partial charge in [0.2, 0.25) is 15.9 Å². The Balaban J connectivity index is 1.68. The van der Waals surface area contributed by atoms with E-state index in [-0.39, 0.29) is 24.2 Å². The molecule has 6 nitrogen and oxygen atoms in total. The van der Waals surface area contributed by atoms with Gasteiger partial charge in [-0.1, -0.05) is 48.3 Å². The Kier molecular flexibility index (Phi) is 8.44. The number of nitrogens with one attached hydrogen (secondary N) is 1. The topological polar surface area (TPSA) is 75.7 Å². The zero-order valence-corrected chi connectivity index (χ0v) is 20.5. The molecule has 0 unspecified atom stereocenters. The quantitative estimate of drug-likeness (QED) is 0.566. The molecule has 0 spiro atoms. The predicted molar refractivity (Wildman–Crippen MR) is 128 cm³/mol. The fourth-order valence-electron chi connectivity index (χ4n) is 3.90. The van der Waals surface area contributed by atoms with E-state index in [4.69, 9.17) is 27.9 Å². The van der Waals surface area contributed by atoms with E-state index < -0.39 is 15.9 Å². The lowest BCUT2D eigenvalue weighted by Crippen LogP contribution is -2.46. The van der Waals surface area contributed by atoms with Gasteiger partial charge in [-0.25, -0.2) is 12.7 Å². The minimum absolute atomic E-state index is 0.136. The number of ether oxygens (including phenoxy) is 1. The van der Waals surface area contributed by atoms with Crippen LogP contribution in [0, 0.1) is 5.92 Å². The van der Waals surface area contributed by atoms with Crippen molar-refractivity contribution in [2.24, 2.45) is 5.92 Å². The highest BCUT2D eigenvalue weighted by Crippen LogP contribution is 2.29. The third kappa shape index (κ3) is 5.95. The Morgan fingerprint density at radius 3 is 2.44 bits per heavy atom. The first-order valence-electron chi connectivity index (χ1n) is 10.6. The van der Waals surface area contributed by atoms with Gasteiger partial charge >= 0.3 is 0 Å². The third-order valence-corrected chi connectivity index (χ3v) is 8.26. The van der Waals surface area contributed by atoms with E-state index in [2.05, 4.69) is 5.32 Å². The summed E-state index contributed by atoms with van der Waals surface area (Å²) in [4.78, 5) is 13.0. The van der Waals surface area contributed by atoms with Crippen molar-refractivity contribution in [1.82, 2.24) is 9.62 Å². The van der Waals surface area contributed by atoms with Gasteiger partial charge in [-0.3, -0.25) is 4.79 Å². The number of carbonyl (C=O) groups is 1. The molecule has 1 saturated heterocycles. The summed E-state index contributed by atoms with van der Waals surface area (Å²) in [7, 11) is -2.06. The van der Waals surface area contributed by atoms with Gasteiger partial charge in [-0.15, -0.1) is 0 Å². The molecule has 1 N–H and O–H groups in total. The summed E-state index contributed by atoms with van der Waals surface area (Å²) in [5.74, 6) is -0.0823. The van der Waals surface area contributed by atoms with Crippen LogP contribution in [-0.2, 0) is 20.6 Å². The molecule has 1 amide bonds. The van der Waals surface area contributed by atoms with Gasteiger partial charge < -0.3 is 10.1 Å². The average Bonchev–Trinajstić information content (AvgIpc) is 2.80. The molecule has 0 bridgehead atoms. The number of methoxy groups -OCH3 is 1. The van der Waals surface area contributed by atoms with E-state index >= 15 is 0 Å². The summed E-state index contributed by atoms with van der Waals surface area (Å²) in [5, 5.41) is 3.72. The molecule has 0 aliphatic carbocycles. The van der Waals surface area contributed by atoms with Crippen molar-refractivity contribution in [1.29, 1.82) is 0 Å². The van der Waals surface area contributed by atoms with E-state index in [1.165, 1.54) is 4.31 Å². The molecule has 1 heterocycles. The standard InChI is InChI=1S/C23H28Cl2N2O4S/c1-3-22(16-9-11-18(31-2)12-10-16)26-23(28)17-6-5-13-27(14-17)32(29,30)15-19-20(24)7-4-8-21(19)25/h4,7-12,17,22H,3,5-6,13-15H2,1-2H3,(H,26,28)/t17-,22+/m1/s1. The van der Waals surface area contributed by atoms with Gasteiger partial charge in [0.25, 0.3) is 0 Å². The van der Waals surface area contributed by atoms with Crippen molar-refractivity contribution in [2.45, 2.75) is 38.0 Å². The van der Waals surface area contributed by atoms with Crippen molar-refractivity contribution in [3.05, 3.63) is 63.6 Å². The Morgan fingerprint density at radius 2 is 1.84 bits per heavy atom. The van der Waals surface area contributed by atoms with Gasteiger partial charge in [-0.05, 0) is 49.1 Å². The third-order valence-electron chi connectivity index (χ3n) is 5.78. The first-order chi connectivity index (χ1) is 15.2. The number of hydrogen-bond donors (Lipinski definition) is 1. The van der Waals surface area contributed by atoms with Crippen molar-refractivity contribution in [2.75, 3.05) is 20.2 Å². The second kappa shape index (κ2) is 10.9. The maximum atomic E-state index is 13.1. The molecule has 32 heavy (non-hydrogen) atoms. The largest absolute Gasteiger partial charge is 0.497 e. The summed E-state index contributed by atoms with van der Waals surface area (Å²) < 4.78 is 32.7. The molecule has 174 valence electrons. The molecule has 1 aliphatic rings. The van der Waals surface area contributed by atoms with Crippen LogP contribution in [0.3, 0.4) is 0 Å². The second-order valence-corrected chi connectivity index (χ2v) is 10.7. The number of sulfonamides is 1. The number of amides is 1. The lowest BCUT2D eigenvalue weighted by Gasteiger charge is -2.32. The van der Waals surface area contributed by atoms with Gasteiger partial charge in [0.15, 0.2) is 0 Å². The van der Waals surface area contributed by atoms with E-state index in [1.54, 1.807) is 25.3 Å². The van der Waals surface area contributed by atoms with Gasteiger partial charge in [-0.2, -0.15) is 0 Å². The van der Waals surface area contributed by atoms with Crippen LogP contribution in [0.1, 0.15) is 43.4 Å². The molecule has 2 atom stereocenters. The Morgan fingerprint density at radius 1 is 1.19 bits per heavy atom. The van der Waals surface area contributed by atoms with Crippen LogP contribution in [0.4, 0.5) is 0 Å². The molecule has 9 heteroatoms. The minimum Gasteiger partial charge on any atom is -0.497 e. The second-order valence-electron chi connectivity index (χ2n) is 7.90. The van der Waals surface area contributed by atoms with Crippen LogP contribution >= 0.6 is 23.2 Å². The lowest BCUT2D eigenvalue weighted by molar-refractivity contribution is -0.126. The van der Waals surface area contributed by atoms with Gasteiger partial charge in [0.1, 0.15) is 5.75 Å². The SMILES string of the molecule is CC[C@H](NC(=O)[C@@H]1CCCN(S(=O)(=O)Cc2c(Cl)cccc2Cl)C1)c1ccc(OC)cc1. The predicted octanol–water partition coefficient (Wildman–Crippen LogP) is 4.81. The molecule has 2 aromatic carbocycles. The smallest absolute Gasteiger partial charge is 0.224 e. The van der Waals surface area contributed by atoms with E-state index in [0.717, 1.165) is 17.7 Å². The minimum atomic E-state index is -3.67. The number of rotatable bonds is 8. The molecule has 0 radical (unpaired) electrons. The van der Waals surface area contributed by atoms with Crippen LogP contribution in [0.15, 0.2) is 42.5 Å². The molecular weight excluding hydrogens is 471 g/mol. The number of nitrogens with zero attached hydrogens (tertiary/aromatic N) is 1. The maximum Gasteiger partial charge on any atom is 0.224 e. The molecule has 2 aromatic rings. The van der Waals surface area contributed by atoms with E-state index in [9.17, 15) is 13.2 Å². The van der Waals surface area contributed by atoms with Crippen LogP contribution in [0.2, 0.25) is 10.0 Å². The number of hydrogen-bond acceptors (Lipinski definition) is 4. The van der Waals surface area contributed by atoms with Gasteiger partial charge in [0.05, 0.1) is 24.8 Å². The number of benzene rings is 2. The Hall–Kier alpha value is -1.80. The molecule has 1 aliphatic heterocycles. The van der Waals surface area contributed by atoms with Crippen molar-refractivity contribution >= 4 is 39.1 Å². The zero-order chi connectivity index (χ0) is 23.3. The Bertz CT molecular complexity index is 1020. The fraction of sp³-hybridized carbons (Fsp3) is 0.435. The average molecular weight is 499 g/mol. The molecule has 3 rings (SSSR count). The highest BCUT2D eigenvalue weighted by atomic mass is 35.5. The lowest BCUT2D eigenvalue weighted by atomic mass is 9.97. The fourth-order valence-corrected chi connectivity index (χ4v) is 6.26.